The van der Waals surface area contributed by atoms with Crippen molar-refractivity contribution in [3.05, 3.63) is 28.8 Å². The standard InChI is InChI=1S/C15H18ClNO3S/c1-2-9-17(13-6-7-13)21(19,20)15-8-5-12(4-3-10-18)11-14(15)16/h5,8,11,13,18H,2,6-7,9-10H2,1H3. The maximum absolute atomic E-state index is 12.7. The maximum Gasteiger partial charge on any atom is 0.244 e. The molecule has 4 nitrogen and oxygen atoms in total. The zero-order valence-electron chi connectivity index (χ0n) is 11.8. The van der Waals surface area contributed by atoms with Gasteiger partial charge in [-0.1, -0.05) is 30.4 Å². The molecule has 0 radical (unpaired) electrons. The van der Waals surface area contributed by atoms with Crippen LogP contribution >= 0.6 is 11.6 Å². The van der Waals surface area contributed by atoms with Crippen molar-refractivity contribution in [1.82, 2.24) is 4.31 Å². The lowest BCUT2D eigenvalue weighted by molar-refractivity contribution is 0.350. The third-order valence-corrected chi connectivity index (χ3v) is 5.66. The van der Waals surface area contributed by atoms with Crippen molar-refractivity contribution in [2.45, 2.75) is 37.1 Å². The van der Waals surface area contributed by atoms with Gasteiger partial charge in [0, 0.05) is 18.2 Å². The van der Waals surface area contributed by atoms with Crippen molar-refractivity contribution in [3.8, 4) is 11.8 Å². The van der Waals surface area contributed by atoms with Gasteiger partial charge < -0.3 is 5.11 Å². The van der Waals surface area contributed by atoms with E-state index in [0.29, 0.717) is 12.1 Å². The lowest BCUT2D eigenvalue weighted by atomic mass is 10.2. The summed E-state index contributed by atoms with van der Waals surface area (Å²) < 4.78 is 27.0. The summed E-state index contributed by atoms with van der Waals surface area (Å²) in [6, 6.07) is 4.73. The van der Waals surface area contributed by atoms with Gasteiger partial charge in [0.2, 0.25) is 10.0 Å². The second kappa shape index (κ2) is 6.80. The molecule has 1 aromatic carbocycles. The molecule has 6 heteroatoms. The predicted molar refractivity (Wildman–Crippen MR) is 82.6 cm³/mol. The van der Waals surface area contributed by atoms with Crippen LogP contribution in [-0.4, -0.2) is 37.0 Å². The van der Waals surface area contributed by atoms with Crippen molar-refractivity contribution in [1.29, 1.82) is 0 Å². The molecule has 0 aliphatic heterocycles. The van der Waals surface area contributed by atoms with Crippen LogP contribution in [0.4, 0.5) is 0 Å². The number of aliphatic hydroxyl groups excluding tert-OH is 1. The normalized spacial score (nSPS) is 14.9. The predicted octanol–water partition coefficient (Wildman–Crippen LogP) is 2.25. The summed E-state index contributed by atoms with van der Waals surface area (Å²) in [7, 11) is -3.56. The fourth-order valence-electron chi connectivity index (χ4n) is 2.14. The molecule has 0 heterocycles. The minimum Gasteiger partial charge on any atom is -0.384 e. The molecule has 0 amide bonds. The average Bonchev–Trinajstić information content (AvgIpc) is 3.26. The third-order valence-electron chi connectivity index (χ3n) is 3.23. The molecule has 114 valence electrons. The molecule has 1 fully saturated rings. The monoisotopic (exact) mass is 327 g/mol. The molecule has 1 aliphatic carbocycles. The van der Waals surface area contributed by atoms with Gasteiger partial charge in [-0.3, -0.25) is 0 Å². The van der Waals surface area contributed by atoms with Gasteiger partial charge in [-0.15, -0.1) is 0 Å². The van der Waals surface area contributed by atoms with Crippen LogP contribution in [0.3, 0.4) is 0 Å². The summed E-state index contributed by atoms with van der Waals surface area (Å²) in [5, 5.41) is 8.84. The van der Waals surface area contributed by atoms with Gasteiger partial charge in [-0.2, -0.15) is 4.31 Å². The van der Waals surface area contributed by atoms with E-state index in [1.807, 2.05) is 6.92 Å². The summed E-state index contributed by atoms with van der Waals surface area (Å²) in [5.41, 5.74) is 0.585. The van der Waals surface area contributed by atoms with Crippen molar-refractivity contribution in [2.24, 2.45) is 0 Å². The smallest absolute Gasteiger partial charge is 0.244 e. The highest BCUT2D eigenvalue weighted by Gasteiger charge is 2.38. The van der Waals surface area contributed by atoms with Gasteiger partial charge in [0.25, 0.3) is 0 Å². The first kappa shape index (κ1) is 16.3. The van der Waals surface area contributed by atoms with E-state index >= 15 is 0 Å². The number of halogens is 1. The second-order valence-electron chi connectivity index (χ2n) is 4.95. The Kier molecular flexibility index (Phi) is 5.28. The first-order valence-corrected chi connectivity index (χ1v) is 8.73. The molecular formula is C15H18ClNO3S. The Labute approximate surface area is 130 Å². The Bertz CT molecular complexity index is 672. The number of nitrogens with zero attached hydrogens (tertiary/aromatic N) is 1. The summed E-state index contributed by atoms with van der Waals surface area (Å²) in [6.45, 7) is 2.22. The average molecular weight is 328 g/mol. The summed E-state index contributed by atoms with van der Waals surface area (Å²) in [4.78, 5) is 0.124. The van der Waals surface area contributed by atoms with Crippen LogP contribution in [0, 0.1) is 11.8 Å². The molecule has 1 aromatic rings. The van der Waals surface area contributed by atoms with Crippen molar-refractivity contribution in [2.75, 3.05) is 13.2 Å². The molecule has 0 aromatic heterocycles. The van der Waals surface area contributed by atoms with E-state index in [-0.39, 0.29) is 22.6 Å². The Balaban J connectivity index is 2.35. The van der Waals surface area contributed by atoms with Crippen molar-refractivity contribution < 1.29 is 13.5 Å². The third kappa shape index (κ3) is 3.78. The van der Waals surface area contributed by atoms with Crippen LogP contribution in [0.2, 0.25) is 5.02 Å². The van der Waals surface area contributed by atoms with E-state index in [9.17, 15) is 8.42 Å². The molecule has 1 aliphatic rings. The molecule has 0 saturated heterocycles. The summed E-state index contributed by atoms with van der Waals surface area (Å²) in [6.07, 6.45) is 2.60. The fraction of sp³-hybridized carbons (Fsp3) is 0.467. The molecule has 1 N–H and O–H groups in total. The number of hydrogen-bond acceptors (Lipinski definition) is 3. The lowest BCUT2D eigenvalue weighted by Crippen LogP contribution is -2.34. The molecule has 0 spiro atoms. The molecule has 1 saturated carbocycles. The number of sulfonamides is 1. The van der Waals surface area contributed by atoms with E-state index in [4.69, 9.17) is 16.7 Å². The van der Waals surface area contributed by atoms with E-state index in [2.05, 4.69) is 11.8 Å². The van der Waals surface area contributed by atoms with Gasteiger partial charge in [0.15, 0.2) is 0 Å². The zero-order valence-corrected chi connectivity index (χ0v) is 13.4. The minimum absolute atomic E-state index is 0.111. The fourth-order valence-corrected chi connectivity index (χ4v) is 4.43. The summed E-state index contributed by atoms with van der Waals surface area (Å²) in [5.74, 6) is 5.22. The van der Waals surface area contributed by atoms with Gasteiger partial charge in [0.1, 0.15) is 11.5 Å². The van der Waals surface area contributed by atoms with Gasteiger partial charge in [0.05, 0.1) is 5.02 Å². The van der Waals surface area contributed by atoms with Crippen molar-refractivity contribution >= 4 is 21.6 Å². The Morgan fingerprint density at radius 3 is 2.67 bits per heavy atom. The van der Waals surface area contributed by atoms with Crippen LogP contribution in [0.25, 0.3) is 0 Å². The highest BCUT2D eigenvalue weighted by atomic mass is 35.5. The van der Waals surface area contributed by atoms with E-state index in [1.165, 1.54) is 12.1 Å². The van der Waals surface area contributed by atoms with Crippen molar-refractivity contribution in [3.63, 3.8) is 0 Å². The van der Waals surface area contributed by atoms with E-state index in [1.54, 1.807) is 10.4 Å². The SMILES string of the molecule is CCCN(C1CC1)S(=O)(=O)c1ccc(C#CCO)cc1Cl. The van der Waals surface area contributed by atoms with Gasteiger partial charge in [-0.25, -0.2) is 8.42 Å². The first-order chi connectivity index (χ1) is 10.0. The Morgan fingerprint density at radius 2 is 2.14 bits per heavy atom. The highest BCUT2D eigenvalue weighted by Crippen LogP contribution is 2.34. The van der Waals surface area contributed by atoms with Crippen LogP contribution in [-0.2, 0) is 10.0 Å². The van der Waals surface area contributed by atoms with Gasteiger partial charge in [-0.05, 0) is 37.5 Å². The minimum atomic E-state index is -3.56. The van der Waals surface area contributed by atoms with Crippen LogP contribution in [0.1, 0.15) is 31.7 Å². The molecule has 2 rings (SSSR count). The molecule has 0 bridgehead atoms. The maximum atomic E-state index is 12.7. The van der Waals surface area contributed by atoms with Crippen LogP contribution in [0.15, 0.2) is 23.1 Å². The zero-order chi connectivity index (χ0) is 15.5. The highest BCUT2D eigenvalue weighted by molar-refractivity contribution is 7.89. The number of hydrogen-bond donors (Lipinski definition) is 1. The first-order valence-electron chi connectivity index (χ1n) is 6.91. The molecule has 0 unspecified atom stereocenters. The Hall–Kier alpha value is -1.06. The Morgan fingerprint density at radius 1 is 1.43 bits per heavy atom. The van der Waals surface area contributed by atoms with Gasteiger partial charge >= 0.3 is 0 Å². The number of benzene rings is 1. The molecular weight excluding hydrogens is 310 g/mol. The topological polar surface area (TPSA) is 57.6 Å². The van der Waals surface area contributed by atoms with E-state index in [0.717, 1.165) is 19.3 Å². The molecule has 21 heavy (non-hydrogen) atoms. The van der Waals surface area contributed by atoms with Crippen LogP contribution < -0.4 is 0 Å². The van der Waals surface area contributed by atoms with Crippen LogP contribution in [0.5, 0.6) is 0 Å². The summed E-state index contributed by atoms with van der Waals surface area (Å²) >= 11 is 6.13. The van der Waals surface area contributed by atoms with E-state index < -0.39 is 10.0 Å². The lowest BCUT2D eigenvalue weighted by Gasteiger charge is -2.21. The molecule has 0 atom stereocenters. The largest absolute Gasteiger partial charge is 0.384 e. The number of rotatable bonds is 5. The second-order valence-corrected chi connectivity index (χ2v) is 7.22. The number of aliphatic hydroxyl groups is 1. The quantitative estimate of drug-likeness (QED) is 0.844.